The van der Waals surface area contributed by atoms with Crippen molar-refractivity contribution in [1.82, 2.24) is 4.98 Å². The lowest BCUT2D eigenvalue weighted by atomic mass is 10.2. The Hall–Kier alpha value is -1.23. The number of carboxylic acid groups (broad SMARTS) is 1. The Morgan fingerprint density at radius 1 is 1.36 bits per heavy atom. The molecule has 0 aliphatic carbocycles. The number of rotatable bonds is 4. The number of aromatic nitrogens is 1. The third-order valence-corrected chi connectivity index (χ3v) is 2.95. The van der Waals surface area contributed by atoms with Crippen LogP contribution in [0.1, 0.15) is 33.2 Å². The summed E-state index contributed by atoms with van der Waals surface area (Å²) in [5, 5.41) is 8.82. The second kappa shape index (κ2) is 4.32. The van der Waals surface area contributed by atoms with E-state index in [9.17, 15) is 9.59 Å². The largest absolute Gasteiger partial charge is 0.481 e. The van der Waals surface area contributed by atoms with Gasteiger partial charge in [0, 0.05) is 11.3 Å². The number of carbonyl (C=O) groups excluding carboxylic acids is 1. The van der Waals surface area contributed by atoms with E-state index < -0.39 is 5.97 Å². The van der Waals surface area contributed by atoms with Gasteiger partial charge in [0.1, 0.15) is 0 Å². The number of aryl methyl sites for hydroxylation is 2. The lowest BCUT2D eigenvalue weighted by Gasteiger charge is -1.92. The molecule has 5 heteroatoms. The molecular weight excluding hydrogens is 202 g/mol. The zero-order valence-corrected chi connectivity index (χ0v) is 8.85. The van der Waals surface area contributed by atoms with Crippen LogP contribution in [0, 0.1) is 13.8 Å². The van der Waals surface area contributed by atoms with E-state index in [-0.39, 0.29) is 18.6 Å². The molecule has 1 N–H and O–H groups in total. The van der Waals surface area contributed by atoms with Gasteiger partial charge in [0.2, 0.25) is 0 Å². The van der Waals surface area contributed by atoms with Gasteiger partial charge in [0.05, 0.1) is 12.1 Å². The molecule has 0 radical (unpaired) electrons. The quantitative estimate of drug-likeness (QED) is 0.774. The van der Waals surface area contributed by atoms with E-state index in [0.717, 1.165) is 10.6 Å². The van der Waals surface area contributed by atoms with Gasteiger partial charge in [-0.1, -0.05) is 0 Å². The van der Waals surface area contributed by atoms with Crippen molar-refractivity contribution in [2.75, 3.05) is 0 Å². The molecule has 1 heterocycles. The minimum atomic E-state index is -0.955. The van der Waals surface area contributed by atoms with E-state index in [2.05, 4.69) is 4.98 Å². The van der Waals surface area contributed by atoms with Gasteiger partial charge < -0.3 is 5.11 Å². The average molecular weight is 213 g/mol. The highest BCUT2D eigenvalue weighted by Gasteiger charge is 2.13. The first kappa shape index (κ1) is 10.8. The zero-order chi connectivity index (χ0) is 10.7. The van der Waals surface area contributed by atoms with Crippen LogP contribution in [0.25, 0.3) is 0 Å². The fourth-order valence-electron chi connectivity index (χ4n) is 0.919. The highest BCUT2D eigenvalue weighted by atomic mass is 32.1. The van der Waals surface area contributed by atoms with Gasteiger partial charge in [0.25, 0.3) is 0 Å². The number of Topliss-reactive ketones (excluding diaryl/α,β-unsaturated/α-hetero) is 1. The van der Waals surface area contributed by atoms with Crippen LogP contribution in [-0.2, 0) is 4.79 Å². The number of carbonyl (C=O) groups is 2. The molecule has 0 saturated carbocycles. The first-order valence-electron chi connectivity index (χ1n) is 4.19. The Morgan fingerprint density at radius 2 is 2.00 bits per heavy atom. The van der Waals surface area contributed by atoms with Crippen molar-refractivity contribution in [3.05, 3.63) is 15.6 Å². The Balaban J connectivity index is 2.65. The smallest absolute Gasteiger partial charge is 0.303 e. The topological polar surface area (TPSA) is 67.3 Å². The minimum absolute atomic E-state index is 0.0295. The third-order valence-electron chi connectivity index (χ3n) is 1.83. The number of hydrogen-bond acceptors (Lipinski definition) is 4. The summed E-state index contributed by atoms with van der Waals surface area (Å²) >= 11 is 1.32. The van der Waals surface area contributed by atoms with Gasteiger partial charge in [-0.05, 0) is 13.8 Å². The molecule has 1 aromatic rings. The summed E-state index contributed by atoms with van der Waals surface area (Å²) in [6.07, 6.45) is -0.0990. The number of nitrogens with zero attached hydrogens (tertiary/aromatic N) is 1. The highest BCUT2D eigenvalue weighted by Crippen LogP contribution is 2.18. The van der Waals surface area contributed by atoms with Gasteiger partial charge in [-0.3, -0.25) is 9.59 Å². The molecular formula is C9H11NO3S. The summed E-state index contributed by atoms with van der Waals surface area (Å²) < 4.78 is 0. The standard InChI is InChI=1S/C9H11NO3S/c1-5-6(2)14-9(10-5)7(11)3-4-8(12)13/h3-4H2,1-2H3,(H,12,13). The average Bonchev–Trinajstić information content (AvgIpc) is 2.43. The zero-order valence-electron chi connectivity index (χ0n) is 8.03. The molecule has 14 heavy (non-hydrogen) atoms. The Kier molecular flexibility index (Phi) is 3.35. The predicted octanol–water partition coefficient (Wildman–Crippen LogP) is 1.81. The van der Waals surface area contributed by atoms with Crippen LogP contribution in [0.15, 0.2) is 0 Å². The van der Waals surface area contributed by atoms with E-state index in [1.165, 1.54) is 11.3 Å². The van der Waals surface area contributed by atoms with Gasteiger partial charge >= 0.3 is 5.97 Å². The van der Waals surface area contributed by atoms with Crippen molar-refractivity contribution in [1.29, 1.82) is 0 Å². The first-order chi connectivity index (χ1) is 6.50. The van der Waals surface area contributed by atoms with E-state index >= 15 is 0 Å². The second-order valence-corrected chi connectivity index (χ2v) is 4.18. The number of carboxylic acids is 1. The molecule has 76 valence electrons. The first-order valence-corrected chi connectivity index (χ1v) is 5.01. The summed E-state index contributed by atoms with van der Waals surface area (Å²) in [5.41, 5.74) is 0.841. The molecule has 0 spiro atoms. The molecule has 0 aliphatic heterocycles. The molecule has 0 amide bonds. The number of hydrogen-bond donors (Lipinski definition) is 1. The van der Waals surface area contributed by atoms with E-state index in [1.807, 2.05) is 13.8 Å². The third kappa shape index (κ3) is 2.63. The van der Waals surface area contributed by atoms with Crippen LogP contribution in [0.3, 0.4) is 0 Å². The van der Waals surface area contributed by atoms with Crippen molar-refractivity contribution >= 4 is 23.1 Å². The summed E-state index contributed by atoms with van der Waals surface area (Å²) in [7, 11) is 0. The maximum absolute atomic E-state index is 11.4. The van der Waals surface area contributed by atoms with Crippen molar-refractivity contribution < 1.29 is 14.7 Å². The van der Waals surface area contributed by atoms with E-state index in [0.29, 0.717) is 5.01 Å². The van der Waals surface area contributed by atoms with Gasteiger partial charge in [-0.2, -0.15) is 0 Å². The monoisotopic (exact) mass is 213 g/mol. The van der Waals surface area contributed by atoms with Crippen molar-refractivity contribution in [3.63, 3.8) is 0 Å². The number of ketones is 1. The van der Waals surface area contributed by atoms with Crippen LogP contribution in [0.2, 0.25) is 0 Å². The van der Waals surface area contributed by atoms with Crippen molar-refractivity contribution in [3.8, 4) is 0 Å². The molecule has 0 fully saturated rings. The lowest BCUT2D eigenvalue weighted by Crippen LogP contribution is -2.03. The van der Waals surface area contributed by atoms with Crippen LogP contribution in [0.4, 0.5) is 0 Å². The van der Waals surface area contributed by atoms with E-state index in [1.54, 1.807) is 0 Å². The lowest BCUT2D eigenvalue weighted by molar-refractivity contribution is -0.136. The molecule has 0 aromatic carbocycles. The van der Waals surface area contributed by atoms with Gasteiger partial charge in [-0.25, -0.2) is 4.98 Å². The Bertz CT molecular complexity index is 351. The molecule has 0 unspecified atom stereocenters. The summed E-state index contributed by atoms with van der Waals surface area (Å²) in [6.45, 7) is 3.72. The van der Waals surface area contributed by atoms with Gasteiger partial charge in [-0.15, -0.1) is 11.3 Å². The molecule has 0 aliphatic rings. The van der Waals surface area contributed by atoms with Crippen molar-refractivity contribution in [2.24, 2.45) is 0 Å². The molecule has 0 saturated heterocycles. The SMILES string of the molecule is Cc1nc(C(=O)CCC(=O)O)sc1C. The maximum Gasteiger partial charge on any atom is 0.303 e. The summed E-state index contributed by atoms with van der Waals surface area (Å²) in [6, 6.07) is 0. The minimum Gasteiger partial charge on any atom is -0.481 e. The highest BCUT2D eigenvalue weighted by molar-refractivity contribution is 7.13. The van der Waals surface area contributed by atoms with Crippen LogP contribution in [0.5, 0.6) is 0 Å². The normalized spacial score (nSPS) is 10.1. The second-order valence-electron chi connectivity index (χ2n) is 2.98. The van der Waals surface area contributed by atoms with Crippen LogP contribution < -0.4 is 0 Å². The predicted molar refractivity (Wildman–Crippen MR) is 52.8 cm³/mol. The fourth-order valence-corrected chi connectivity index (χ4v) is 1.80. The van der Waals surface area contributed by atoms with Crippen LogP contribution in [-0.4, -0.2) is 21.8 Å². The molecule has 0 bridgehead atoms. The van der Waals surface area contributed by atoms with Crippen molar-refractivity contribution in [2.45, 2.75) is 26.7 Å². The Morgan fingerprint density at radius 3 is 2.43 bits per heavy atom. The summed E-state index contributed by atoms with van der Waals surface area (Å²) in [4.78, 5) is 26.7. The van der Waals surface area contributed by atoms with E-state index in [4.69, 9.17) is 5.11 Å². The Labute approximate surface area is 85.6 Å². The molecule has 1 rings (SSSR count). The summed E-state index contributed by atoms with van der Waals surface area (Å²) in [5.74, 6) is -1.14. The molecule has 1 aromatic heterocycles. The van der Waals surface area contributed by atoms with Crippen LogP contribution >= 0.6 is 11.3 Å². The molecule has 0 atom stereocenters. The maximum atomic E-state index is 11.4. The molecule has 4 nitrogen and oxygen atoms in total. The van der Waals surface area contributed by atoms with Gasteiger partial charge in [0.15, 0.2) is 10.8 Å². The number of thiazole rings is 1. The number of aliphatic carboxylic acids is 1. The fraction of sp³-hybridized carbons (Fsp3) is 0.444.